The fourth-order valence-corrected chi connectivity index (χ4v) is 10.4. The van der Waals surface area contributed by atoms with Crippen molar-refractivity contribution in [3.63, 3.8) is 0 Å². The molecule has 3 aliphatic carbocycles. The molecule has 0 saturated heterocycles. The zero-order valence-corrected chi connectivity index (χ0v) is 36.2. The third kappa shape index (κ3) is 12.6. The molecule has 10 heteroatoms. The van der Waals surface area contributed by atoms with Gasteiger partial charge in [0.2, 0.25) is 0 Å². The molecule has 2 fully saturated rings. The molecule has 0 bridgehead atoms. The summed E-state index contributed by atoms with van der Waals surface area (Å²) in [5.74, 6) is 2.96. The van der Waals surface area contributed by atoms with Crippen molar-refractivity contribution in [3.8, 4) is 0 Å². The molecule has 301 valence electrons. The van der Waals surface area contributed by atoms with Gasteiger partial charge in [-0.2, -0.15) is 13.2 Å². The summed E-state index contributed by atoms with van der Waals surface area (Å²) < 4.78 is 66.1. The van der Waals surface area contributed by atoms with Crippen LogP contribution in [0.4, 0.5) is 13.2 Å². The Balaban J connectivity index is 0.000000342. The number of hydrogen-bond donors (Lipinski definition) is 0. The van der Waals surface area contributed by atoms with E-state index in [-0.39, 0.29) is 31.9 Å². The maximum absolute atomic E-state index is 10.7. The molecule has 0 aromatic heterocycles. The first kappa shape index (κ1) is 45.9. The van der Waals surface area contributed by atoms with Crippen molar-refractivity contribution < 1.29 is 51.0 Å². The van der Waals surface area contributed by atoms with Crippen LogP contribution in [0.3, 0.4) is 0 Å². The Morgan fingerprint density at radius 3 is 1.68 bits per heavy atom. The molecule has 4 atom stereocenters. The molecule has 5 radical (unpaired) electrons. The topological polar surface area (TPSA) is 66.4 Å². The second kappa shape index (κ2) is 21.8. The number of hydrogen-bond acceptors (Lipinski definition) is 4. The van der Waals surface area contributed by atoms with Gasteiger partial charge in [-0.1, -0.05) is 136 Å². The second-order valence-electron chi connectivity index (χ2n) is 14.6. The van der Waals surface area contributed by atoms with Gasteiger partial charge in [0.15, 0.2) is 10.1 Å². The number of ether oxygens (including phenoxy) is 1. The molecule has 4 nitrogen and oxygen atoms in total. The first-order valence-corrected chi connectivity index (χ1v) is 21.9. The smallest absolute Gasteiger partial charge is 0.485 e. The van der Waals surface area contributed by atoms with Crippen molar-refractivity contribution in [1.29, 1.82) is 0 Å². The fraction of sp³-hybridized carbons (Fsp3) is 0.348. The Kier molecular flexibility index (Phi) is 17.9. The third-order valence-electron chi connectivity index (χ3n) is 10.3. The van der Waals surface area contributed by atoms with E-state index in [1.165, 1.54) is 71.4 Å². The molecule has 0 unspecified atom stereocenters. The van der Waals surface area contributed by atoms with E-state index in [1.807, 2.05) is 0 Å². The Bertz CT molecular complexity index is 1860. The van der Waals surface area contributed by atoms with E-state index in [9.17, 15) is 13.2 Å². The average molecular weight is 980 g/mol. The minimum Gasteiger partial charge on any atom is -0.741 e. The van der Waals surface area contributed by atoms with Crippen LogP contribution >= 0.6 is 7.92 Å². The summed E-state index contributed by atoms with van der Waals surface area (Å²) >= 11 is 0. The molecule has 0 spiro atoms. The van der Waals surface area contributed by atoms with E-state index in [2.05, 4.69) is 162 Å². The SMILES string of the molecule is CC(C)[C@@H]1CC[C@@H](C)C[C@H]1OC1=Cc2ccccc2[C@@H](P(c2ccccc2)c2ccccc2)c2ccccc21.O=S(=O)([O-])C(F)(F)F.[CH]1[CH]CC[CH][CH]CC1.[Ir]. The molecule has 7 rings (SSSR count). The van der Waals surface area contributed by atoms with Crippen LogP contribution in [0.2, 0.25) is 0 Å². The molecule has 3 aliphatic rings. The standard InChI is InChI=1S/C37H39OP.C8H12.CHF3O3S.Ir/c1-26(2)31-23-22-27(3)24-35(31)38-36-25-28-14-10-11-19-32(28)37(34-21-13-12-20-33(34)36)39(29-15-6-4-7-16-29)30-17-8-5-9-18-30;1-2-4-6-8-7-5-3-1;2-1(3,4)8(5,6)7;/h4-21,25-27,31,35,37H,22-24H2,1-3H3;1-2,7-8H,3-6H2;(H,5,6,7);/p-1/t27-,31+,35-,37-;;;/m1.../s1. The van der Waals surface area contributed by atoms with Gasteiger partial charge in [-0.3, -0.25) is 0 Å². The van der Waals surface area contributed by atoms with Crippen molar-refractivity contribution >= 4 is 40.5 Å². The van der Waals surface area contributed by atoms with Gasteiger partial charge in [0.25, 0.3) is 0 Å². The van der Waals surface area contributed by atoms with Crippen LogP contribution in [-0.2, 0) is 35.0 Å². The number of alkyl halides is 3. The quantitative estimate of drug-likeness (QED) is 0.110. The molecule has 4 aromatic carbocycles. The molecule has 2 saturated carbocycles. The predicted molar refractivity (Wildman–Crippen MR) is 219 cm³/mol. The van der Waals surface area contributed by atoms with E-state index in [0.717, 1.165) is 12.2 Å². The van der Waals surface area contributed by atoms with Gasteiger partial charge < -0.3 is 9.29 Å². The van der Waals surface area contributed by atoms with Gasteiger partial charge in [-0.05, 0) is 123 Å². The van der Waals surface area contributed by atoms with Crippen molar-refractivity contribution in [3.05, 3.63) is 157 Å². The Hall–Kier alpha value is -2.80. The van der Waals surface area contributed by atoms with E-state index in [1.54, 1.807) is 0 Å². The van der Waals surface area contributed by atoms with Crippen LogP contribution in [0.25, 0.3) is 11.8 Å². The van der Waals surface area contributed by atoms with Crippen LogP contribution in [0.1, 0.15) is 93.6 Å². The first-order valence-electron chi connectivity index (χ1n) is 19.1. The maximum Gasteiger partial charge on any atom is 0.485 e. The molecular weight excluding hydrogens is 929 g/mol. The molecule has 0 aliphatic heterocycles. The van der Waals surface area contributed by atoms with Crippen LogP contribution in [0.5, 0.6) is 0 Å². The van der Waals surface area contributed by atoms with Gasteiger partial charge in [-0.25, -0.2) is 8.42 Å². The summed E-state index contributed by atoms with van der Waals surface area (Å²) in [5, 5.41) is 2.80. The second-order valence-corrected chi connectivity index (χ2v) is 18.3. The summed E-state index contributed by atoms with van der Waals surface area (Å²) in [4.78, 5) is 0. The van der Waals surface area contributed by atoms with Gasteiger partial charge >= 0.3 is 5.51 Å². The molecular formula is C46H51F3IrO4PS-. The summed E-state index contributed by atoms with van der Waals surface area (Å²) in [6.07, 6.45) is 20.3. The molecule has 56 heavy (non-hydrogen) atoms. The fourth-order valence-electron chi connectivity index (χ4n) is 7.51. The van der Waals surface area contributed by atoms with Crippen LogP contribution in [0.15, 0.2) is 109 Å². The molecule has 4 aromatic rings. The summed E-state index contributed by atoms with van der Waals surface area (Å²) in [6, 6.07) is 40.3. The van der Waals surface area contributed by atoms with E-state index >= 15 is 0 Å². The van der Waals surface area contributed by atoms with E-state index in [4.69, 9.17) is 17.7 Å². The van der Waals surface area contributed by atoms with Crippen molar-refractivity contribution in [2.45, 2.75) is 83.0 Å². The van der Waals surface area contributed by atoms with Crippen molar-refractivity contribution in [2.75, 3.05) is 0 Å². The summed E-state index contributed by atoms with van der Waals surface area (Å²) in [5.41, 5.74) is -0.137. The Morgan fingerprint density at radius 1 is 0.714 bits per heavy atom. The molecule has 0 N–H and O–H groups in total. The van der Waals surface area contributed by atoms with E-state index < -0.39 is 23.5 Å². The normalized spacial score (nSPS) is 21.1. The van der Waals surface area contributed by atoms with Gasteiger partial charge in [0.05, 0.1) is 0 Å². The number of benzene rings is 4. The average Bonchev–Trinajstić information content (AvgIpc) is 3.27. The Labute approximate surface area is 347 Å². The van der Waals surface area contributed by atoms with Gasteiger partial charge in [0.1, 0.15) is 11.9 Å². The Morgan fingerprint density at radius 2 is 1.18 bits per heavy atom. The largest absolute Gasteiger partial charge is 0.741 e. The zero-order chi connectivity index (χ0) is 39.4. The number of rotatable bonds is 6. The monoisotopic (exact) mass is 980 g/mol. The number of halogens is 3. The van der Waals surface area contributed by atoms with Crippen LogP contribution in [-0.4, -0.2) is 24.6 Å². The molecule has 0 heterocycles. The maximum atomic E-state index is 10.7. The van der Waals surface area contributed by atoms with Crippen molar-refractivity contribution in [2.24, 2.45) is 17.8 Å². The predicted octanol–water partition coefficient (Wildman–Crippen LogP) is 11.6. The van der Waals surface area contributed by atoms with E-state index in [0.29, 0.717) is 17.8 Å². The summed E-state index contributed by atoms with van der Waals surface area (Å²) in [6.45, 7) is 7.12. The van der Waals surface area contributed by atoms with Crippen molar-refractivity contribution in [1.82, 2.24) is 0 Å². The van der Waals surface area contributed by atoms with Crippen LogP contribution in [0, 0.1) is 43.4 Å². The minimum absolute atomic E-state index is 0. The first-order chi connectivity index (χ1) is 26.3. The van der Waals surface area contributed by atoms with Crippen LogP contribution < -0.4 is 10.6 Å². The summed E-state index contributed by atoms with van der Waals surface area (Å²) in [7, 11) is -6.80. The van der Waals surface area contributed by atoms with Gasteiger partial charge in [-0.15, -0.1) is 0 Å². The zero-order valence-electron chi connectivity index (χ0n) is 32.1. The minimum atomic E-state index is -6.09. The van der Waals surface area contributed by atoms with Gasteiger partial charge in [0, 0.05) is 31.3 Å². The third-order valence-corrected chi connectivity index (χ3v) is 13.6. The number of fused-ring (bicyclic) bond motifs is 2. The molecule has 0 amide bonds.